The number of thioether (sulfide) groups is 1. The quantitative estimate of drug-likeness (QED) is 0.621. The molecule has 1 aromatic heterocycles. The maximum Gasteiger partial charge on any atom is 0.522 e. The predicted octanol–water partition coefficient (Wildman–Crippen LogP) is 1.17. The highest BCUT2D eigenvalue weighted by Gasteiger charge is 2.28. The molecule has 0 saturated carbocycles. The Labute approximate surface area is 101 Å². The number of aromatic nitrogens is 3. The minimum Gasteiger partial charge on any atom is -0.329 e. The average molecular weight is 270 g/mol. The van der Waals surface area contributed by atoms with Crippen molar-refractivity contribution in [1.82, 2.24) is 14.8 Å². The molecular weight excluding hydrogens is 257 g/mol. The van der Waals surface area contributed by atoms with Gasteiger partial charge in [0.25, 0.3) is 0 Å². The van der Waals surface area contributed by atoms with Crippen LogP contribution in [0.2, 0.25) is 0 Å². The third-order valence-corrected chi connectivity index (χ3v) is 2.77. The first kappa shape index (κ1) is 14.3. The van der Waals surface area contributed by atoms with Gasteiger partial charge in [0, 0.05) is 18.8 Å². The van der Waals surface area contributed by atoms with E-state index in [1.54, 1.807) is 11.5 Å². The van der Waals surface area contributed by atoms with Gasteiger partial charge in [0.15, 0.2) is 5.16 Å². The van der Waals surface area contributed by atoms with Crippen molar-refractivity contribution in [3.63, 3.8) is 0 Å². The Morgan fingerprint density at radius 3 is 2.71 bits per heavy atom. The van der Waals surface area contributed by atoms with Crippen molar-refractivity contribution < 1.29 is 17.9 Å². The van der Waals surface area contributed by atoms with Crippen molar-refractivity contribution in [2.75, 3.05) is 18.9 Å². The molecule has 2 N–H and O–H groups in total. The van der Waals surface area contributed by atoms with Gasteiger partial charge in [-0.1, -0.05) is 11.8 Å². The van der Waals surface area contributed by atoms with E-state index in [0.717, 1.165) is 11.8 Å². The van der Waals surface area contributed by atoms with Crippen LogP contribution in [0, 0.1) is 6.92 Å². The van der Waals surface area contributed by atoms with Crippen LogP contribution in [0.15, 0.2) is 5.16 Å². The van der Waals surface area contributed by atoms with Gasteiger partial charge in [-0.05, 0) is 6.92 Å². The standard InChI is InChI=1S/C8H13F3N4OS/c1-6-13-14-7(15(6)3-2-12)17-5-4-16-8(9,10)11/h2-5,12H2,1H3. The van der Waals surface area contributed by atoms with Crippen molar-refractivity contribution in [1.29, 1.82) is 0 Å². The van der Waals surface area contributed by atoms with Gasteiger partial charge in [-0.2, -0.15) is 0 Å². The lowest BCUT2D eigenvalue weighted by atomic mass is 10.6. The zero-order chi connectivity index (χ0) is 12.9. The molecule has 0 radical (unpaired) electrons. The molecule has 0 amide bonds. The molecular formula is C8H13F3N4OS. The second-order valence-electron chi connectivity index (χ2n) is 3.11. The first-order chi connectivity index (χ1) is 7.94. The number of alkyl halides is 3. The third kappa shape index (κ3) is 4.92. The fraction of sp³-hybridized carbons (Fsp3) is 0.750. The van der Waals surface area contributed by atoms with Gasteiger partial charge in [0.05, 0.1) is 6.61 Å². The van der Waals surface area contributed by atoms with Crippen LogP contribution in [0.1, 0.15) is 5.82 Å². The van der Waals surface area contributed by atoms with Gasteiger partial charge in [0.1, 0.15) is 5.82 Å². The molecule has 1 aromatic rings. The lowest BCUT2D eigenvalue weighted by Crippen LogP contribution is -2.16. The van der Waals surface area contributed by atoms with Gasteiger partial charge in [0.2, 0.25) is 0 Å². The fourth-order valence-electron chi connectivity index (χ4n) is 1.15. The van der Waals surface area contributed by atoms with E-state index in [9.17, 15) is 13.2 Å². The van der Waals surface area contributed by atoms with Gasteiger partial charge in [-0.15, -0.1) is 23.4 Å². The van der Waals surface area contributed by atoms with E-state index in [1.165, 1.54) is 0 Å². The van der Waals surface area contributed by atoms with Crippen LogP contribution in [-0.2, 0) is 11.3 Å². The Bertz CT molecular complexity index is 355. The lowest BCUT2D eigenvalue weighted by molar-refractivity contribution is -0.322. The highest BCUT2D eigenvalue weighted by Crippen LogP contribution is 2.19. The summed E-state index contributed by atoms with van der Waals surface area (Å²) in [4.78, 5) is 0. The van der Waals surface area contributed by atoms with E-state index in [1.807, 2.05) is 0 Å². The minimum atomic E-state index is -4.58. The van der Waals surface area contributed by atoms with Gasteiger partial charge in [-0.25, -0.2) is 0 Å². The van der Waals surface area contributed by atoms with E-state index in [0.29, 0.717) is 24.1 Å². The Hall–Kier alpha value is -0.800. The van der Waals surface area contributed by atoms with E-state index in [2.05, 4.69) is 14.9 Å². The number of hydrogen-bond acceptors (Lipinski definition) is 5. The topological polar surface area (TPSA) is 66.0 Å². The number of ether oxygens (including phenoxy) is 1. The van der Waals surface area contributed by atoms with Crippen LogP contribution in [0.5, 0.6) is 0 Å². The molecule has 5 nitrogen and oxygen atoms in total. The molecule has 0 atom stereocenters. The maximum absolute atomic E-state index is 11.7. The summed E-state index contributed by atoms with van der Waals surface area (Å²) in [6, 6.07) is 0. The summed E-state index contributed by atoms with van der Waals surface area (Å²) in [6.07, 6.45) is -4.58. The summed E-state index contributed by atoms with van der Waals surface area (Å²) in [5.74, 6) is 0.845. The largest absolute Gasteiger partial charge is 0.522 e. The minimum absolute atomic E-state index is 0.155. The molecule has 1 heterocycles. The molecule has 0 unspecified atom stereocenters. The van der Waals surface area contributed by atoms with Gasteiger partial charge < -0.3 is 10.3 Å². The van der Waals surface area contributed by atoms with Crippen molar-refractivity contribution in [2.45, 2.75) is 25.0 Å². The lowest BCUT2D eigenvalue weighted by Gasteiger charge is -2.08. The van der Waals surface area contributed by atoms with Crippen LogP contribution in [0.4, 0.5) is 13.2 Å². The molecule has 0 fully saturated rings. The van der Waals surface area contributed by atoms with Gasteiger partial charge >= 0.3 is 6.36 Å². The third-order valence-electron chi connectivity index (χ3n) is 1.83. The monoisotopic (exact) mass is 270 g/mol. The Morgan fingerprint density at radius 2 is 2.12 bits per heavy atom. The number of rotatable bonds is 6. The van der Waals surface area contributed by atoms with Crippen molar-refractivity contribution in [3.05, 3.63) is 5.82 Å². The number of nitrogens with zero attached hydrogens (tertiary/aromatic N) is 3. The number of halogens is 3. The average Bonchev–Trinajstić information content (AvgIpc) is 2.55. The maximum atomic E-state index is 11.7. The van der Waals surface area contributed by atoms with Crippen LogP contribution in [0.3, 0.4) is 0 Å². The van der Waals surface area contributed by atoms with E-state index in [4.69, 9.17) is 5.73 Å². The Balaban J connectivity index is 2.41. The van der Waals surface area contributed by atoms with Crippen LogP contribution < -0.4 is 5.73 Å². The molecule has 0 bridgehead atoms. The summed E-state index contributed by atoms with van der Waals surface area (Å²) >= 11 is 1.16. The summed E-state index contributed by atoms with van der Waals surface area (Å²) in [7, 11) is 0. The van der Waals surface area contributed by atoms with Crippen LogP contribution in [0.25, 0.3) is 0 Å². The molecule has 98 valence electrons. The van der Waals surface area contributed by atoms with Crippen LogP contribution >= 0.6 is 11.8 Å². The molecule has 17 heavy (non-hydrogen) atoms. The molecule has 0 aliphatic carbocycles. The van der Waals surface area contributed by atoms with E-state index < -0.39 is 13.0 Å². The van der Waals surface area contributed by atoms with Crippen molar-refractivity contribution in [3.8, 4) is 0 Å². The zero-order valence-corrected chi connectivity index (χ0v) is 10.0. The second kappa shape index (κ2) is 6.22. The Kier molecular flexibility index (Phi) is 5.22. The van der Waals surface area contributed by atoms with Crippen LogP contribution in [-0.4, -0.2) is 40.0 Å². The summed E-state index contributed by atoms with van der Waals surface area (Å²) < 4.78 is 40.5. The molecule has 0 spiro atoms. The summed E-state index contributed by atoms with van der Waals surface area (Å²) in [5, 5.41) is 8.24. The first-order valence-corrected chi connectivity index (χ1v) is 5.86. The van der Waals surface area contributed by atoms with E-state index in [-0.39, 0.29) is 5.75 Å². The molecule has 9 heteroatoms. The summed E-state index contributed by atoms with van der Waals surface area (Å²) in [6.45, 7) is 2.31. The number of hydrogen-bond donors (Lipinski definition) is 1. The highest BCUT2D eigenvalue weighted by atomic mass is 32.2. The highest BCUT2D eigenvalue weighted by molar-refractivity contribution is 7.99. The predicted molar refractivity (Wildman–Crippen MR) is 56.5 cm³/mol. The molecule has 0 aliphatic heterocycles. The van der Waals surface area contributed by atoms with Gasteiger partial charge in [-0.3, -0.25) is 4.74 Å². The van der Waals surface area contributed by atoms with Crippen molar-refractivity contribution >= 4 is 11.8 Å². The summed E-state index contributed by atoms with van der Waals surface area (Å²) in [5.41, 5.74) is 5.41. The van der Waals surface area contributed by atoms with Crippen molar-refractivity contribution in [2.24, 2.45) is 5.73 Å². The second-order valence-corrected chi connectivity index (χ2v) is 4.17. The smallest absolute Gasteiger partial charge is 0.329 e. The fourth-order valence-corrected chi connectivity index (χ4v) is 1.97. The zero-order valence-electron chi connectivity index (χ0n) is 9.20. The molecule has 1 rings (SSSR count). The van der Waals surface area contributed by atoms with E-state index >= 15 is 0 Å². The molecule has 0 saturated heterocycles. The Morgan fingerprint density at radius 1 is 1.41 bits per heavy atom. The SMILES string of the molecule is Cc1nnc(SCCOC(F)(F)F)n1CCN. The normalized spacial score (nSPS) is 12.1. The number of nitrogens with two attached hydrogens (primary N) is 1. The molecule has 0 aromatic carbocycles. The first-order valence-electron chi connectivity index (χ1n) is 4.87. The number of aryl methyl sites for hydroxylation is 1. The molecule has 0 aliphatic rings.